The number of para-hydroxylation sites is 1. The van der Waals surface area contributed by atoms with Gasteiger partial charge in [-0.15, -0.1) is 0 Å². The Kier molecular flexibility index (Phi) is 7.63. The minimum Gasteiger partial charge on any atom is -0.493 e. The molecule has 172 valence electrons. The third-order valence-electron chi connectivity index (χ3n) is 6.04. The van der Waals surface area contributed by atoms with Crippen molar-refractivity contribution < 1.29 is 19.4 Å². The summed E-state index contributed by atoms with van der Waals surface area (Å²) in [4.78, 5) is 11.3. The lowest BCUT2D eigenvalue weighted by molar-refractivity contribution is -0.149. The van der Waals surface area contributed by atoms with E-state index in [9.17, 15) is 9.90 Å². The van der Waals surface area contributed by atoms with E-state index in [1.54, 1.807) is 6.92 Å². The van der Waals surface area contributed by atoms with Crippen molar-refractivity contribution in [2.24, 2.45) is 0 Å². The molecular weight excluding hydrogens is 414 g/mol. The van der Waals surface area contributed by atoms with Crippen LogP contribution in [0.25, 0.3) is 5.57 Å². The average Bonchev–Trinajstić information content (AvgIpc) is 2.82. The molecule has 5 nitrogen and oxygen atoms in total. The molecule has 0 bridgehead atoms. The summed E-state index contributed by atoms with van der Waals surface area (Å²) in [6.45, 7) is 3.62. The van der Waals surface area contributed by atoms with Crippen LogP contribution >= 0.6 is 0 Å². The molecule has 5 heteroatoms. The first kappa shape index (κ1) is 22.9. The number of aliphatic carboxylic acids is 1. The van der Waals surface area contributed by atoms with Crippen molar-refractivity contribution in [1.82, 2.24) is 0 Å². The van der Waals surface area contributed by atoms with Crippen molar-refractivity contribution >= 4 is 17.2 Å². The highest BCUT2D eigenvalue weighted by Crippen LogP contribution is 2.33. The van der Waals surface area contributed by atoms with Gasteiger partial charge in [-0.05, 0) is 60.2 Å². The quantitative estimate of drug-likeness (QED) is 0.523. The average molecular weight is 446 g/mol. The van der Waals surface area contributed by atoms with Gasteiger partial charge in [-0.25, -0.2) is 4.79 Å². The van der Waals surface area contributed by atoms with Crippen molar-refractivity contribution in [1.29, 1.82) is 0 Å². The zero-order valence-corrected chi connectivity index (χ0v) is 19.0. The number of carboxylic acid groups (broad SMARTS) is 1. The van der Waals surface area contributed by atoms with Crippen LogP contribution in [0, 0.1) is 0 Å². The molecule has 0 radical (unpaired) electrons. The molecule has 2 aliphatic rings. The summed E-state index contributed by atoms with van der Waals surface area (Å²) in [6.07, 6.45) is 9.30. The smallest absolute Gasteiger partial charge is 0.333 e. The fourth-order valence-corrected chi connectivity index (χ4v) is 4.30. The van der Waals surface area contributed by atoms with E-state index in [-0.39, 0.29) is 0 Å². The Morgan fingerprint density at radius 2 is 1.97 bits per heavy atom. The molecule has 1 aliphatic heterocycles. The number of ether oxygens (including phenoxy) is 2. The van der Waals surface area contributed by atoms with Gasteiger partial charge < -0.3 is 19.9 Å². The molecule has 2 aromatic rings. The third kappa shape index (κ3) is 5.93. The predicted octanol–water partition coefficient (Wildman–Crippen LogP) is 5.64. The van der Waals surface area contributed by atoms with E-state index in [2.05, 4.69) is 47.8 Å². The van der Waals surface area contributed by atoms with E-state index < -0.39 is 12.1 Å². The van der Waals surface area contributed by atoms with Crippen LogP contribution in [0.5, 0.6) is 5.75 Å². The predicted molar refractivity (Wildman–Crippen MR) is 132 cm³/mol. The van der Waals surface area contributed by atoms with Gasteiger partial charge in [0.25, 0.3) is 0 Å². The Morgan fingerprint density at radius 1 is 1.15 bits per heavy atom. The monoisotopic (exact) mass is 445 g/mol. The first-order valence-electron chi connectivity index (χ1n) is 11.6. The van der Waals surface area contributed by atoms with Crippen LogP contribution in [-0.2, 0) is 16.0 Å². The van der Waals surface area contributed by atoms with Crippen LogP contribution in [0.2, 0.25) is 0 Å². The van der Waals surface area contributed by atoms with Gasteiger partial charge in [-0.3, -0.25) is 0 Å². The summed E-state index contributed by atoms with van der Waals surface area (Å²) in [5, 5.41) is 12.9. The fourth-order valence-electron chi connectivity index (χ4n) is 4.30. The van der Waals surface area contributed by atoms with Crippen molar-refractivity contribution in [3.05, 3.63) is 89.0 Å². The van der Waals surface area contributed by atoms with Crippen LogP contribution in [0.3, 0.4) is 0 Å². The molecule has 2 aromatic carbocycles. The van der Waals surface area contributed by atoms with Gasteiger partial charge in [0.2, 0.25) is 0 Å². The summed E-state index contributed by atoms with van der Waals surface area (Å²) in [5.41, 5.74) is 7.32. The summed E-state index contributed by atoms with van der Waals surface area (Å²) >= 11 is 0. The maximum atomic E-state index is 11.3. The van der Waals surface area contributed by atoms with Gasteiger partial charge in [0.1, 0.15) is 5.75 Å². The van der Waals surface area contributed by atoms with Gasteiger partial charge >= 0.3 is 5.97 Å². The number of benzene rings is 2. The Morgan fingerprint density at radius 3 is 2.76 bits per heavy atom. The number of fused-ring (bicyclic) bond motifs is 1. The molecule has 0 aromatic heterocycles. The zero-order chi connectivity index (χ0) is 23.0. The number of carbonyl (C=O) groups is 1. The topological polar surface area (TPSA) is 67.8 Å². The molecular formula is C28H31NO4. The number of hydrogen-bond acceptors (Lipinski definition) is 4. The fraction of sp³-hybridized carbons (Fsp3) is 0.321. The molecule has 0 saturated heterocycles. The molecule has 1 heterocycles. The van der Waals surface area contributed by atoms with Crippen LogP contribution in [0.1, 0.15) is 37.3 Å². The van der Waals surface area contributed by atoms with E-state index in [1.165, 1.54) is 22.3 Å². The highest BCUT2D eigenvalue weighted by atomic mass is 16.5. The third-order valence-corrected chi connectivity index (χ3v) is 6.04. The Labute approximate surface area is 195 Å². The second-order valence-corrected chi connectivity index (χ2v) is 8.30. The lowest BCUT2D eigenvalue weighted by Crippen LogP contribution is -2.26. The van der Waals surface area contributed by atoms with E-state index >= 15 is 0 Å². The maximum Gasteiger partial charge on any atom is 0.333 e. The standard InChI is InChI=1S/C28H31NO4/c1-2-32-27(28(30)31)17-20-11-13-24(14-12-20)33-16-15-22-18-21-7-3-4-8-23(21)19-29-26-10-6-5-9-25(22)26/h3,5-7,9-14,18,27,29H,2,4,8,15-17,19H2,1H3,(H,30,31)/b22-18-. The van der Waals surface area contributed by atoms with Crippen LogP contribution in [0.4, 0.5) is 5.69 Å². The number of allylic oxidation sites excluding steroid dienone is 4. The first-order chi connectivity index (χ1) is 16.1. The SMILES string of the molecule is CCOC(Cc1ccc(OCC/C2=C/C3=C(CCC=C3)CNc3ccccc32)cc1)C(=O)O. The summed E-state index contributed by atoms with van der Waals surface area (Å²) in [7, 11) is 0. The van der Waals surface area contributed by atoms with Crippen molar-refractivity contribution in [2.75, 3.05) is 25.1 Å². The van der Waals surface area contributed by atoms with E-state index in [4.69, 9.17) is 9.47 Å². The molecule has 4 rings (SSSR count). The van der Waals surface area contributed by atoms with E-state index in [0.29, 0.717) is 19.6 Å². The molecule has 0 spiro atoms. The summed E-state index contributed by atoms with van der Waals surface area (Å²) in [6, 6.07) is 16.1. The second-order valence-electron chi connectivity index (χ2n) is 8.30. The van der Waals surface area contributed by atoms with Gasteiger partial charge in [-0.2, -0.15) is 0 Å². The molecule has 0 saturated carbocycles. The highest BCUT2D eigenvalue weighted by Gasteiger charge is 2.18. The van der Waals surface area contributed by atoms with Crippen molar-refractivity contribution in [3.8, 4) is 5.75 Å². The van der Waals surface area contributed by atoms with Crippen molar-refractivity contribution in [3.63, 3.8) is 0 Å². The number of rotatable bonds is 9. The van der Waals surface area contributed by atoms with Gasteiger partial charge in [0.05, 0.1) is 6.61 Å². The number of nitrogens with one attached hydrogen (secondary N) is 1. The Balaban J connectivity index is 1.42. The van der Waals surface area contributed by atoms with Gasteiger partial charge in [-0.1, -0.05) is 48.6 Å². The molecule has 2 N–H and O–H groups in total. The molecule has 1 aliphatic carbocycles. The minimum absolute atomic E-state index is 0.338. The Bertz CT molecular complexity index is 1070. The van der Waals surface area contributed by atoms with Crippen LogP contribution < -0.4 is 10.1 Å². The van der Waals surface area contributed by atoms with Gasteiger partial charge in [0, 0.05) is 37.2 Å². The largest absolute Gasteiger partial charge is 0.493 e. The Hall–Kier alpha value is -3.31. The first-order valence-corrected chi connectivity index (χ1v) is 11.6. The summed E-state index contributed by atoms with van der Waals surface area (Å²) < 4.78 is 11.3. The number of hydrogen-bond donors (Lipinski definition) is 2. The zero-order valence-electron chi connectivity index (χ0n) is 19.0. The second kappa shape index (κ2) is 11.0. The van der Waals surface area contributed by atoms with Crippen LogP contribution in [-0.4, -0.2) is 36.9 Å². The van der Waals surface area contributed by atoms with Crippen molar-refractivity contribution in [2.45, 2.75) is 38.7 Å². The molecule has 1 atom stereocenters. The lowest BCUT2D eigenvalue weighted by Gasteiger charge is -2.22. The van der Waals surface area contributed by atoms with Crippen LogP contribution in [0.15, 0.2) is 77.9 Å². The molecule has 33 heavy (non-hydrogen) atoms. The molecule has 1 unspecified atom stereocenters. The maximum absolute atomic E-state index is 11.3. The minimum atomic E-state index is -0.939. The lowest BCUT2D eigenvalue weighted by atomic mass is 9.90. The number of carboxylic acids is 1. The van der Waals surface area contributed by atoms with E-state index in [1.807, 2.05) is 24.3 Å². The van der Waals surface area contributed by atoms with Gasteiger partial charge in [0.15, 0.2) is 6.10 Å². The van der Waals surface area contributed by atoms with E-state index in [0.717, 1.165) is 42.8 Å². The normalized spacial score (nSPS) is 17.5. The number of anilines is 1. The highest BCUT2D eigenvalue weighted by molar-refractivity contribution is 5.79. The summed E-state index contributed by atoms with van der Waals surface area (Å²) in [5.74, 6) is -0.164. The molecule has 0 fully saturated rings. The molecule has 0 amide bonds.